The van der Waals surface area contributed by atoms with Crippen molar-refractivity contribution in [3.05, 3.63) is 69.1 Å². The maximum absolute atomic E-state index is 12.7. The normalized spacial score (nSPS) is 15.2. The SMILES string of the molecule is Nc1nc2ccccc2c2c1[nH]c(=O)n2Cc1ccc(CN2CCCCC2)c(Cl)c1. The van der Waals surface area contributed by atoms with Crippen LogP contribution in [0.3, 0.4) is 0 Å². The summed E-state index contributed by atoms with van der Waals surface area (Å²) in [6.07, 6.45) is 3.83. The van der Waals surface area contributed by atoms with Crippen molar-refractivity contribution >= 4 is 39.4 Å². The third-order valence-electron chi connectivity index (χ3n) is 5.94. The number of halogens is 1. The minimum atomic E-state index is -0.205. The number of benzene rings is 2. The fourth-order valence-corrected chi connectivity index (χ4v) is 4.66. The highest BCUT2D eigenvalue weighted by Crippen LogP contribution is 2.27. The second kappa shape index (κ2) is 7.78. The first-order chi connectivity index (χ1) is 14.6. The molecule has 1 aliphatic rings. The number of pyridine rings is 1. The van der Waals surface area contributed by atoms with Crippen LogP contribution in [0.1, 0.15) is 30.4 Å². The van der Waals surface area contributed by atoms with Gasteiger partial charge >= 0.3 is 5.69 Å². The largest absolute Gasteiger partial charge is 0.382 e. The Hall–Kier alpha value is -2.83. The minimum absolute atomic E-state index is 0.205. The lowest BCUT2D eigenvalue weighted by atomic mass is 10.1. The lowest BCUT2D eigenvalue weighted by Gasteiger charge is -2.26. The molecule has 0 bridgehead atoms. The summed E-state index contributed by atoms with van der Waals surface area (Å²) in [5.74, 6) is 0.328. The summed E-state index contributed by atoms with van der Waals surface area (Å²) in [5, 5.41) is 1.64. The van der Waals surface area contributed by atoms with Crippen molar-refractivity contribution in [3.63, 3.8) is 0 Å². The number of nitrogens with zero attached hydrogens (tertiary/aromatic N) is 3. The van der Waals surface area contributed by atoms with Crippen molar-refractivity contribution in [2.75, 3.05) is 18.8 Å². The maximum Gasteiger partial charge on any atom is 0.326 e. The summed E-state index contributed by atoms with van der Waals surface area (Å²) in [4.78, 5) is 22.5. The van der Waals surface area contributed by atoms with E-state index in [4.69, 9.17) is 17.3 Å². The Bertz CT molecular complexity index is 1290. The van der Waals surface area contributed by atoms with E-state index >= 15 is 0 Å². The van der Waals surface area contributed by atoms with E-state index in [1.54, 1.807) is 4.57 Å². The van der Waals surface area contributed by atoms with Crippen LogP contribution in [-0.2, 0) is 13.1 Å². The summed E-state index contributed by atoms with van der Waals surface area (Å²) in [6, 6.07) is 13.8. The average molecular weight is 422 g/mol. The van der Waals surface area contributed by atoms with Gasteiger partial charge in [-0.2, -0.15) is 0 Å². The van der Waals surface area contributed by atoms with Gasteiger partial charge in [-0.25, -0.2) is 9.78 Å². The van der Waals surface area contributed by atoms with Crippen LogP contribution in [0.2, 0.25) is 5.02 Å². The molecule has 0 amide bonds. The quantitative estimate of drug-likeness (QED) is 0.518. The number of anilines is 1. The van der Waals surface area contributed by atoms with Gasteiger partial charge < -0.3 is 10.7 Å². The van der Waals surface area contributed by atoms with Crippen LogP contribution in [0.15, 0.2) is 47.3 Å². The van der Waals surface area contributed by atoms with Crippen LogP contribution in [0, 0.1) is 0 Å². The van der Waals surface area contributed by atoms with Crippen LogP contribution in [-0.4, -0.2) is 32.5 Å². The molecule has 2 aromatic heterocycles. The molecule has 154 valence electrons. The van der Waals surface area contributed by atoms with Crippen molar-refractivity contribution in [2.24, 2.45) is 0 Å². The zero-order valence-electron chi connectivity index (χ0n) is 16.7. The number of nitrogens with two attached hydrogens (primary N) is 1. The predicted octanol–water partition coefficient (Wildman–Crippen LogP) is 4.15. The van der Waals surface area contributed by atoms with Gasteiger partial charge in [0.05, 0.1) is 17.6 Å². The molecular weight excluding hydrogens is 398 g/mol. The van der Waals surface area contributed by atoms with Gasteiger partial charge in [-0.05, 0) is 49.2 Å². The zero-order chi connectivity index (χ0) is 20.7. The fourth-order valence-electron chi connectivity index (χ4n) is 4.40. The van der Waals surface area contributed by atoms with Gasteiger partial charge in [0.15, 0.2) is 0 Å². The molecule has 5 rings (SSSR count). The first-order valence-electron chi connectivity index (χ1n) is 10.4. The molecule has 0 saturated carbocycles. The van der Waals surface area contributed by atoms with Gasteiger partial charge in [-0.15, -0.1) is 0 Å². The van der Waals surface area contributed by atoms with Gasteiger partial charge in [-0.3, -0.25) is 9.47 Å². The number of imidazole rings is 1. The topological polar surface area (TPSA) is 79.9 Å². The number of fused-ring (bicyclic) bond motifs is 3. The molecule has 1 aliphatic heterocycles. The molecule has 30 heavy (non-hydrogen) atoms. The molecule has 0 aliphatic carbocycles. The van der Waals surface area contributed by atoms with Crippen LogP contribution in [0.25, 0.3) is 21.9 Å². The number of aromatic nitrogens is 3. The van der Waals surface area contributed by atoms with Gasteiger partial charge in [0.1, 0.15) is 11.3 Å². The summed E-state index contributed by atoms with van der Waals surface area (Å²) in [6.45, 7) is 3.55. The van der Waals surface area contributed by atoms with E-state index in [-0.39, 0.29) is 5.69 Å². The van der Waals surface area contributed by atoms with E-state index in [2.05, 4.69) is 27.0 Å². The van der Waals surface area contributed by atoms with Crippen molar-refractivity contribution in [2.45, 2.75) is 32.4 Å². The Morgan fingerprint density at radius 2 is 1.87 bits per heavy atom. The maximum atomic E-state index is 12.7. The Morgan fingerprint density at radius 3 is 2.67 bits per heavy atom. The van der Waals surface area contributed by atoms with Crippen molar-refractivity contribution in [3.8, 4) is 0 Å². The molecule has 0 radical (unpaired) electrons. The number of H-pyrrole nitrogens is 1. The predicted molar refractivity (Wildman–Crippen MR) is 122 cm³/mol. The zero-order valence-corrected chi connectivity index (χ0v) is 17.5. The Morgan fingerprint density at radius 1 is 1.07 bits per heavy atom. The van der Waals surface area contributed by atoms with Crippen molar-refractivity contribution in [1.82, 2.24) is 19.4 Å². The monoisotopic (exact) mass is 421 g/mol. The van der Waals surface area contributed by atoms with Crippen LogP contribution >= 0.6 is 11.6 Å². The molecule has 4 aromatic rings. The first kappa shape index (κ1) is 19.2. The van der Waals surface area contributed by atoms with E-state index in [1.807, 2.05) is 30.3 Å². The van der Waals surface area contributed by atoms with Crippen LogP contribution in [0.4, 0.5) is 5.82 Å². The summed E-state index contributed by atoms with van der Waals surface area (Å²) >= 11 is 6.62. The van der Waals surface area contributed by atoms with Gasteiger partial charge in [0.2, 0.25) is 0 Å². The number of piperidine rings is 1. The molecule has 0 atom stereocenters. The fraction of sp³-hybridized carbons (Fsp3) is 0.304. The lowest BCUT2D eigenvalue weighted by molar-refractivity contribution is 0.221. The standard InChI is InChI=1S/C23H24ClN5O/c24-18-12-15(8-9-16(18)14-28-10-4-1-5-11-28)13-29-21-17-6-2-3-7-19(17)26-22(25)20(21)27-23(29)30/h2-3,6-9,12H,1,4-5,10-11,13-14H2,(H2,25,26)(H,27,30). The summed E-state index contributed by atoms with van der Waals surface area (Å²) in [5.41, 5.74) is 10.1. The molecule has 0 unspecified atom stereocenters. The highest BCUT2D eigenvalue weighted by Gasteiger charge is 2.16. The molecular formula is C23H24ClN5O. The number of hydrogen-bond donors (Lipinski definition) is 2. The number of hydrogen-bond acceptors (Lipinski definition) is 4. The molecule has 0 spiro atoms. The number of nitrogens with one attached hydrogen (secondary N) is 1. The van der Waals surface area contributed by atoms with E-state index in [1.165, 1.54) is 19.3 Å². The van der Waals surface area contributed by atoms with Crippen molar-refractivity contribution < 1.29 is 0 Å². The van der Waals surface area contributed by atoms with E-state index in [9.17, 15) is 4.79 Å². The second-order valence-corrected chi connectivity index (χ2v) is 8.42. The molecule has 3 N–H and O–H groups in total. The third-order valence-corrected chi connectivity index (χ3v) is 6.29. The van der Waals surface area contributed by atoms with Gasteiger partial charge in [-0.1, -0.05) is 48.4 Å². The molecule has 6 nitrogen and oxygen atoms in total. The number of para-hydroxylation sites is 1. The first-order valence-corrected chi connectivity index (χ1v) is 10.7. The highest BCUT2D eigenvalue weighted by atomic mass is 35.5. The third kappa shape index (κ3) is 3.46. The summed E-state index contributed by atoms with van der Waals surface area (Å²) < 4.78 is 1.71. The molecule has 1 fully saturated rings. The van der Waals surface area contributed by atoms with E-state index in [0.29, 0.717) is 17.9 Å². The van der Waals surface area contributed by atoms with Gasteiger partial charge in [0, 0.05) is 17.0 Å². The molecule has 7 heteroatoms. The lowest BCUT2D eigenvalue weighted by Crippen LogP contribution is -2.29. The van der Waals surface area contributed by atoms with Crippen LogP contribution in [0.5, 0.6) is 0 Å². The van der Waals surface area contributed by atoms with E-state index in [0.717, 1.165) is 52.2 Å². The van der Waals surface area contributed by atoms with Gasteiger partial charge in [0.25, 0.3) is 0 Å². The molecule has 1 saturated heterocycles. The number of nitrogen functional groups attached to an aromatic ring is 1. The smallest absolute Gasteiger partial charge is 0.326 e. The Labute approximate surface area is 179 Å². The number of rotatable bonds is 4. The Kier molecular flexibility index (Phi) is 4.97. The molecule has 2 aromatic carbocycles. The number of aromatic amines is 1. The van der Waals surface area contributed by atoms with E-state index < -0.39 is 0 Å². The minimum Gasteiger partial charge on any atom is -0.382 e. The number of likely N-dealkylation sites (tertiary alicyclic amines) is 1. The van der Waals surface area contributed by atoms with Crippen molar-refractivity contribution in [1.29, 1.82) is 0 Å². The Balaban J connectivity index is 1.50. The molecule has 3 heterocycles. The summed E-state index contributed by atoms with van der Waals surface area (Å²) in [7, 11) is 0. The second-order valence-electron chi connectivity index (χ2n) is 8.02. The van der Waals surface area contributed by atoms with Crippen LogP contribution < -0.4 is 11.4 Å². The average Bonchev–Trinajstić information content (AvgIpc) is 3.08. The highest BCUT2D eigenvalue weighted by molar-refractivity contribution is 6.31.